The number of imide groups is 2. The number of urea groups is 1. The van der Waals surface area contributed by atoms with Crippen molar-refractivity contribution in [3.63, 3.8) is 0 Å². The number of likely N-dealkylation sites (N-methyl/N-ethyl adjacent to an activating group) is 2. The van der Waals surface area contributed by atoms with E-state index in [9.17, 15) is 24.0 Å². The maximum absolute atomic E-state index is 12.9. The number of fused-ring (bicyclic) bond motifs is 1. The lowest BCUT2D eigenvalue weighted by molar-refractivity contribution is -0.135. The minimum atomic E-state index is -0.582. The summed E-state index contributed by atoms with van der Waals surface area (Å²) in [5.74, 6) is -1.63. The van der Waals surface area contributed by atoms with E-state index in [-0.39, 0.29) is 35.8 Å². The average Bonchev–Trinajstić information content (AvgIpc) is 3.70. The third-order valence-electron chi connectivity index (χ3n) is 7.51. The maximum Gasteiger partial charge on any atom is 0.333 e. The van der Waals surface area contributed by atoms with Gasteiger partial charge in [0, 0.05) is 43.7 Å². The van der Waals surface area contributed by atoms with Crippen LogP contribution in [0.5, 0.6) is 0 Å². The standard InChI is InChI=1S/C34H26N2O5S2/c1-4-35-32(39)26(33(40)36(5-2)34(35)41)18-22-14-15-27(42-22)28-16-19(3)31(43-28)21-12-10-20(11-13-21)17-25-29(37)23-8-6-7-9-24(23)30(25)38/h6-18H,4-5H2,1-3H3. The SMILES string of the molecule is CCN1C(=O)C(=Cc2ccc(-c3cc(C)c(-c4ccc(C=C5C(=O)c6ccccc6C5=O)cc4)s3)s2)C(=O)N(CC)C1=O. The zero-order valence-electron chi connectivity index (χ0n) is 23.7. The zero-order chi connectivity index (χ0) is 30.4. The van der Waals surface area contributed by atoms with Gasteiger partial charge < -0.3 is 0 Å². The zero-order valence-corrected chi connectivity index (χ0v) is 25.3. The van der Waals surface area contributed by atoms with Crippen molar-refractivity contribution in [2.45, 2.75) is 20.8 Å². The van der Waals surface area contributed by atoms with Crippen LogP contribution < -0.4 is 0 Å². The molecule has 214 valence electrons. The first-order valence-corrected chi connectivity index (χ1v) is 15.5. The van der Waals surface area contributed by atoms with Gasteiger partial charge >= 0.3 is 6.03 Å². The summed E-state index contributed by atoms with van der Waals surface area (Å²) in [5.41, 5.74) is 3.95. The van der Waals surface area contributed by atoms with Gasteiger partial charge in [0.25, 0.3) is 11.8 Å². The molecule has 9 heteroatoms. The number of hydrogen-bond donors (Lipinski definition) is 0. The first-order chi connectivity index (χ1) is 20.7. The molecule has 6 rings (SSSR count). The molecule has 3 heterocycles. The van der Waals surface area contributed by atoms with E-state index in [1.54, 1.807) is 61.6 Å². The summed E-state index contributed by atoms with van der Waals surface area (Å²) in [6, 6.07) is 20.0. The predicted molar refractivity (Wildman–Crippen MR) is 169 cm³/mol. The number of barbiturate groups is 1. The molecular weight excluding hydrogens is 581 g/mol. The number of hydrogen-bond acceptors (Lipinski definition) is 7. The average molecular weight is 607 g/mol. The van der Waals surface area contributed by atoms with Crippen molar-refractivity contribution < 1.29 is 24.0 Å². The van der Waals surface area contributed by atoms with Crippen LogP contribution in [0.15, 0.2) is 77.9 Å². The van der Waals surface area contributed by atoms with Crippen LogP contribution >= 0.6 is 22.7 Å². The topological polar surface area (TPSA) is 91.8 Å². The van der Waals surface area contributed by atoms with Gasteiger partial charge in [0.1, 0.15) is 5.57 Å². The lowest BCUT2D eigenvalue weighted by Gasteiger charge is -2.32. The highest BCUT2D eigenvalue weighted by Gasteiger charge is 2.40. The van der Waals surface area contributed by atoms with E-state index in [0.717, 1.165) is 46.0 Å². The first-order valence-electron chi connectivity index (χ1n) is 13.8. The summed E-state index contributed by atoms with van der Waals surface area (Å²) in [6.45, 7) is 5.84. The second-order valence-electron chi connectivity index (χ2n) is 10.1. The molecule has 0 unspecified atom stereocenters. The monoisotopic (exact) mass is 606 g/mol. The minimum absolute atomic E-state index is 0.0142. The number of aryl methyl sites for hydroxylation is 1. The van der Waals surface area contributed by atoms with Crippen LogP contribution in [0.25, 0.3) is 32.3 Å². The molecule has 2 aromatic carbocycles. The summed E-state index contributed by atoms with van der Waals surface area (Å²) in [5, 5.41) is 0. The normalized spacial score (nSPS) is 15.1. The Kier molecular flexibility index (Phi) is 7.37. The van der Waals surface area contributed by atoms with Crippen LogP contribution in [-0.2, 0) is 9.59 Å². The molecular formula is C34H26N2O5S2. The number of ketones is 2. The van der Waals surface area contributed by atoms with Gasteiger partial charge in [0.05, 0.1) is 5.57 Å². The van der Waals surface area contributed by atoms with Gasteiger partial charge in [0.2, 0.25) is 0 Å². The van der Waals surface area contributed by atoms with Gasteiger partial charge in [-0.25, -0.2) is 4.79 Å². The quantitative estimate of drug-likeness (QED) is 0.172. The molecule has 0 spiro atoms. The second kappa shape index (κ2) is 11.2. The molecule has 43 heavy (non-hydrogen) atoms. The number of benzene rings is 2. The van der Waals surface area contributed by atoms with Crippen LogP contribution in [0.3, 0.4) is 0 Å². The number of Topliss-reactive ketones (excluding diaryl/α,β-unsaturated/α-hetero) is 2. The number of nitrogens with zero attached hydrogens (tertiary/aromatic N) is 2. The number of thiophene rings is 2. The van der Waals surface area contributed by atoms with Gasteiger partial charge in [-0.2, -0.15) is 0 Å². The minimum Gasteiger partial charge on any atom is -0.288 e. The van der Waals surface area contributed by atoms with Crippen molar-refractivity contribution in [1.29, 1.82) is 0 Å². The molecule has 2 aromatic heterocycles. The Labute approximate surface area is 256 Å². The number of amides is 4. The van der Waals surface area contributed by atoms with Crippen molar-refractivity contribution in [2.75, 3.05) is 13.1 Å². The molecule has 0 atom stereocenters. The smallest absolute Gasteiger partial charge is 0.288 e. The summed E-state index contributed by atoms with van der Waals surface area (Å²) in [7, 11) is 0. The van der Waals surface area contributed by atoms with Crippen molar-refractivity contribution >= 4 is 64.2 Å². The van der Waals surface area contributed by atoms with Crippen LogP contribution in [0.2, 0.25) is 0 Å². The molecule has 1 aliphatic heterocycles. The largest absolute Gasteiger partial charge is 0.333 e. The molecule has 7 nitrogen and oxygen atoms in total. The molecule has 0 radical (unpaired) electrons. The van der Waals surface area contributed by atoms with Crippen LogP contribution in [0.4, 0.5) is 4.79 Å². The molecule has 1 saturated heterocycles. The summed E-state index contributed by atoms with van der Waals surface area (Å²) in [4.78, 5) is 69.8. The number of carbonyl (C=O) groups excluding carboxylic acids is 5. The molecule has 2 aliphatic rings. The van der Waals surface area contributed by atoms with E-state index in [1.165, 1.54) is 11.3 Å². The van der Waals surface area contributed by atoms with E-state index in [4.69, 9.17) is 0 Å². The highest BCUT2D eigenvalue weighted by atomic mass is 32.1. The van der Waals surface area contributed by atoms with E-state index >= 15 is 0 Å². The Hall–Kier alpha value is -4.73. The van der Waals surface area contributed by atoms with Gasteiger partial charge in [-0.3, -0.25) is 29.0 Å². The third-order valence-corrected chi connectivity index (χ3v) is 10.0. The molecule has 0 saturated carbocycles. The van der Waals surface area contributed by atoms with Crippen LogP contribution in [-0.4, -0.2) is 52.3 Å². The molecule has 4 aromatic rings. The summed E-state index contributed by atoms with van der Waals surface area (Å²) >= 11 is 3.11. The third kappa shape index (κ3) is 4.90. The summed E-state index contributed by atoms with van der Waals surface area (Å²) < 4.78 is 0. The Balaban J connectivity index is 1.24. The van der Waals surface area contributed by atoms with E-state index in [0.29, 0.717) is 11.1 Å². The van der Waals surface area contributed by atoms with Crippen LogP contribution in [0, 0.1) is 6.92 Å². The van der Waals surface area contributed by atoms with Crippen molar-refractivity contribution in [2.24, 2.45) is 0 Å². The van der Waals surface area contributed by atoms with Crippen molar-refractivity contribution in [3.05, 3.63) is 105 Å². The van der Waals surface area contributed by atoms with Gasteiger partial charge in [0.15, 0.2) is 11.6 Å². The Morgan fingerprint density at radius 2 is 1.28 bits per heavy atom. The Morgan fingerprint density at radius 3 is 1.86 bits per heavy atom. The Bertz CT molecular complexity index is 1840. The second-order valence-corrected chi connectivity index (χ2v) is 12.3. The first kappa shape index (κ1) is 28.4. The Morgan fingerprint density at radius 1 is 0.674 bits per heavy atom. The van der Waals surface area contributed by atoms with Gasteiger partial charge in [-0.15, -0.1) is 22.7 Å². The van der Waals surface area contributed by atoms with Gasteiger partial charge in [-0.1, -0.05) is 48.5 Å². The highest BCUT2D eigenvalue weighted by molar-refractivity contribution is 7.24. The highest BCUT2D eigenvalue weighted by Crippen LogP contribution is 2.41. The fraction of sp³-hybridized carbons (Fsp3) is 0.147. The summed E-state index contributed by atoms with van der Waals surface area (Å²) in [6.07, 6.45) is 3.23. The molecule has 1 fully saturated rings. The fourth-order valence-electron chi connectivity index (χ4n) is 5.28. The lowest BCUT2D eigenvalue weighted by Crippen LogP contribution is -2.56. The predicted octanol–water partition coefficient (Wildman–Crippen LogP) is 7.13. The van der Waals surface area contributed by atoms with Gasteiger partial charge in [-0.05, 0) is 67.8 Å². The molecule has 4 amide bonds. The molecule has 0 N–H and O–H groups in total. The van der Waals surface area contributed by atoms with E-state index in [1.807, 2.05) is 43.3 Å². The van der Waals surface area contributed by atoms with Crippen LogP contribution in [0.1, 0.15) is 50.6 Å². The number of carbonyl (C=O) groups is 5. The van der Waals surface area contributed by atoms with Crippen molar-refractivity contribution in [1.82, 2.24) is 9.80 Å². The number of rotatable bonds is 6. The molecule has 0 bridgehead atoms. The van der Waals surface area contributed by atoms with Crippen molar-refractivity contribution in [3.8, 4) is 20.2 Å². The maximum atomic E-state index is 12.9. The molecule has 1 aliphatic carbocycles. The van der Waals surface area contributed by atoms with E-state index < -0.39 is 17.8 Å². The fourth-order valence-corrected chi connectivity index (χ4v) is 7.49. The van der Waals surface area contributed by atoms with E-state index in [2.05, 4.69) is 6.07 Å². The number of allylic oxidation sites excluding steroid dienone is 1. The lowest BCUT2D eigenvalue weighted by atomic mass is 10.0.